The molecule has 8 heteroatoms. The molecule has 32 heavy (non-hydrogen) atoms. The number of nitrogens with two attached hydrogens (primary N) is 1. The lowest BCUT2D eigenvalue weighted by molar-refractivity contribution is 0.0865. The number of carbonyl (C=O) groups is 1. The van der Waals surface area contributed by atoms with Crippen LogP contribution in [-0.2, 0) is 0 Å². The van der Waals surface area contributed by atoms with Gasteiger partial charge in [-0.2, -0.15) is 0 Å². The Hall–Kier alpha value is -3.18. The number of benzene rings is 1. The minimum atomic E-state index is -0.641. The summed E-state index contributed by atoms with van der Waals surface area (Å²) in [6, 6.07) is 8.76. The van der Waals surface area contributed by atoms with Crippen LogP contribution in [0, 0.1) is 11.8 Å². The van der Waals surface area contributed by atoms with Crippen LogP contribution in [0.3, 0.4) is 0 Å². The fourth-order valence-corrected chi connectivity index (χ4v) is 3.38. The van der Waals surface area contributed by atoms with Crippen LogP contribution in [0.4, 0.5) is 5.82 Å². The molecule has 0 aliphatic heterocycles. The number of rotatable bonds is 7. The number of carbonyl (C=O) groups excluding carboxylic acids is 1. The lowest BCUT2D eigenvalue weighted by Crippen LogP contribution is -2.40. The lowest BCUT2D eigenvalue weighted by Gasteiger charge is -2.21. The number of amides is 1. The Morgan fingerprint density at radius 2 is 1.97 bits per heavy atom. The van der Waals surface area contributed by atoms with Crippen LogP contribution in [0.25, 0.3) is 10.8 Å². The third-order valence-electron chi connectivity index (χ3n) is 5.07. The highest BCUT2D eigenvalue weighted by Crippen LogP contribution is 2.24. The fourth-order valence-electron chi connectivity index (χ4n) is 3.21. The molecule has 2 heterocycles. The van der Waals surface area contributed by atoms with Gasteiger partial charge in [0.25, 0.3) is 5.91 Å². The maximum absolute atomic E-state index is 12.3. The second kappa shape index (κ2) is 10.9. The van der Waals surface area contributed by atoms with Crippen molar-refractivity contribution in [2.75, 3.05) is 31.9 Å². The van der Waals surface area contributed by atoms with Crippen molar-refractivity contribution >= 4 is 34.1 Å². The van der Waals surface area contributed by atoms with E-state index in [0.717, 1.165) is 23.9 Å². The number of hydrogen-bond donors (Lipinski definition) is 3. The van der Waals surface area contributed by atoms with E-state index in [4.69, 9.17) is 17.3 Å². The second-order valence-corrected chi connectivity index (χ2v) is 7.72. The van der Waals surface area contributed by atoms with Crippen molar-refractivity contribution < 1.29 is 9.90 Å². The number of nitrogens with zero attached hydrogens (tertiary/aromatic N) is 3. The molecule has 0 saturated heterocycles. The molecule has 0 aliphatic carbocycles. The van der Waals surface area contributed by atoms with Crippen molar-refractivity contribution in [3.8, 4) is 11.8 Å². The number of halogens is 1. The average molecular weight is 452 g/mol. The Bertz CT molecular complexity index is 1150. The molecule has 0 fully saturated rings. The maximum Gasteiger partial charge on any atom is 0.269 e. The van der Waals surface area contributed by atoms with Gasteiger partial charge in [-0.3, -0.25) is 4.79 Å². The number of fused-ring (bicyclic) bond motifs is 1. The number of likely N-dealkylation sites (N-methyl/N-ethyl adjacent to an activating group) is 1. The maximum atomic E-state index is 12.3. The molecule has 4 N–H and O–H groups in total. The van der Waals surface area contributed by atoms with E-state index in [-0.39, 0.29) is 18.1 Å². The van der Waals surface area contributed by atoms with E-state index in [1.54, 1.807) is 30.5 Å². The normalized spacial score (nSPS) is 11.8. The number of aliphatic hydroxyl groups excluding tert-OH is 1. The standard InChI is InChI=1S/C24H26ClN5O2/c1-3-30(4-2)15-19(31)14-29-24(32)22-10-6-16(12-27-22)5-9-20-21-11-18(25)8-7-17(21)13-28-23(20)26/h6-8,10-13,19,31H,3-4,14-15H2,1-2H3,(H2,26,28)(H,29,32). The Labute approximate surface area is 192 Å². The van der Waals surface area contributed by atoms with Gasteiger partial charge < -0.3 is 21.1 Å². The summed E-state index contributed by atoms with van der Waals surface area (Å²) in [7, 11) is 0. The van der Waals surface area contributed by atoms with Gasteiger partial charge in [-0.05, 0) is 37.4 Å². The van der Waals surface area contributed by atoms with Crippen LogP contribution in [0.1, 0.15) is 35.5 Å². The third kappa shape index (κ3) is 5.95. The first-order chi connectivity index (χ1) is 15.4. The van der Waals surface area contributed by atoms with Crippen LogP contribution < -0.4 is 11.1 Å². The van der Waals surface area contributed by atoms with Gasteiger partial charge >= 0.3 is 0 Å². The molecule has 3 rings (SSSR count). The van der Waals surface area contributed by atoms with E-state index >= 15 is 0 Å². The number of anilines is 1. The molecular weight excluding hydrogens is 426 g/mol. The third-order valence-corrected chi connectivity index (χ3v) is 5.31. The first-order valence-corrected chi connectivity index (χ1v) is 10.8. The number of aromatic nitrogens is 2. The predicted molar refractivity (Wildman–Crippen MR) is 128 cm³/mol. The van der Waals surface area contributed by atoms with Crippen molar-refractivity contribution in [2.24, 2.45) is 0 Å². The molecule has 1 atom stereocenters. The summed E-state index contributed by atoms with van der Waals surface area (Å²) in [5.74, 6) is 6.03. The van der Waals surface area contributed by atoms with Crippen molar-refractivity contribution in [1.29, 1.82) is 0 Å². The van der Waals surface area contributed by atoms with Gasteiger partial charge in [0.05, 0.1) is 11.7 Å². The minimum Gasteiger partial charge on any atom is -0.390 e. The minimum absolute atomic E-state index is 0.161. The summed E-state index contributed by atoms with van der Waals surface area (Å²) < 4.78 is 0. The first-order valence-electron chi connectivity index (χ1n) is 10.4. The molecule has 0 bridgehead atoms. The molecule has 1 aromatic carbocycles. The topological polar surface area (TPSA) is 104 Å². The summed E-state index contributed by atoms with van der Waals surface area (Å²) in [4.78, 5) is 22.8. The molecular formula is C24H26ClN5O2. The van der Waals surface area contributed by atoms with Crippen molar-refractivity contribution in [3.63, 3.8) is 0 Å². The number of aliphatic hydroxyl groups is 1. The van der Waals surface area contributed by atoms with Gasteiger partial charge in [-0.25, -0.2) is 9.97 Å². The van der Waals surface area contributed by atoms with E-state index in [2.05, 4.69) is 32.0 Å². The lowest BCUT2D eigenvalue weighted by atomic mass is 10.1. The summed E-state index contributed by atoms with van der Waals surface area (Å²) in [5.41, 5.74) is 7.49. The SMILES string of the molecule is CCN(CC)CC(O)CNC(=O)c1ccc(C#Cc2c(N)ncc3ccc(Cl)cc23)cn1. The van der Waals surface area contributed by atoms with E-state index in [1.165, 1.54) is 6.20 Å². The van der Waals surface area contributed by atoms with E-state index in [0.29, 0.717) is 28.5 Å². The predicted octanol–water partition coefficient (Wildman–Crippen LogP) is 2.70. The molecule has 3 aromatic rings. The fraction of sp³-hybridized carbons (Fsp3) is 0.292. The van der Waals surface area contributed by atoms with Gasteiger partial charge in [0.2, 0.25) is 0 Å². The van der Waals surface area contributed by atoms with Crippen molar-refractivity contribution in [1.82, 2.24) is 20.2 Å². The average Bonchev–Trinajstić information content (AvgIpc) is 2.80. The van der Waals surface area contributed by atoms with Gasteiger partial charge in [-0.1, -0.05) is 43.4 Å². The number of nitrogen functional groups attached to an aromatic ring is 1. The first kappa shape index (κ1) is 23.5. The zero-order valence-corrected chi connectivity index (χ0v) is 18.9. The molecule has 0 saturated carbocycles. The number of pyridine rings is 2. The van der Waals surface area contributed by atoms with Crippen LogP contribution in [0.5, 0.6) is 0 Å². The van der Waals surface area contributed by atoms with Crippen LogP contribution in [0.15, 0.2) is 42.7 Å². The molecule has 2 aromatic heterocycles. The molecule has 1 unspecified atom stereocenters. The monoisotopic (exact) mass is 451 g/mol. The van der Waals surface area contributed by atoms with E-state index < -0.39 is 6.10 Å². The molecule has 0 radical (unpaired) electrons. The van der Waals surface area contributed by atoms with Crippen molar-refractivity contribution in [2.45, 2.75) is 20.0 Å². The molecule has 166 valence electrons. The highest BCUT2D eigenvalue weighted by Gasteiger charge is 2.12. The molecule has 0 spiro atoms. The zero-order chi connectivity index (χ0) is 23.1. The van der Waals surface area contributed by atoms with Gasteiger partial charge in [0.1, 0.15) is 11.5 Å². The zero-order valence-electron chi connectivity index (χ0n) is 18.1. The smallest absolute Gasteiger partial charge is 0.269 e. The highest BCUT2D eigenvalue weighted by molar-refractivity contribution is 6.31. The Balaban J connectivity index is 1.68. The quantitative estimate of drug-likeness (QED) is 0.477. The number of hydrogen-bond acceptors (Lipinski definition) is 6. The molecule has 1 amide bonds. The van der Waals surface area contributed by atoms with Gasteiger partial charge in [0.15, 0.2) is 0 Å². The van der Waals surface area contributed by atoms with Gasteiger partial charge in [-0.15, -0.1) is 0 Å². The van der Waals surface area contributed by atoms with Gasteiger partial charge in [0, 0.05) is 46.8 Å². The highest BCUT2D eigenvalue weighted by atomic mass is 35.5. The molecule has 7 nitrogen and oxygen atoms in total. The van der Waals surface area contributed by atoms with E-state index in [9.17, 15) is 9.90 Å². The van der Waals surface area contributed by atoms with Crippen LogP contribution in [0.2, 0.25) is 5.02 Å². The Morgan fingerprint density at radius 1 is 1.19 bits per heavy atom. The number of nitrogens with one attached hydrogen (secondary N) is 1. The van der Waals surface area contributed by atoms with Crippen molar-refractivity contribution in [3.05, 3.63) is 64.6 Å². The largest absolute Gasteiger partial charge is 0.390 e. The van der Waals surface area contributed by atoms with Crippen LogP contribution in [-0.4, -0.2) is 58.2 Å². The molecule has 0 aliphatic rings. The Kier molecular flexibility index (Phi) is 8.01. The summed E-state index contributed by atoms with van der Waals surface area (Å²) in [6.45, 7) is 6.42. The summed E-state index contributed by atoms with van der Waals surface area (Å²) >= 11 is 6.12. The van der Waals surface area contributed by atoms with E-state index in [1.807, 2.05) is 19.9 Å². The second-order valence-electron chi connectivity index (χ2n) is 7.28. The Morgan fingerprint density at radius 3 is 2.66 bits per heavy atom. The summed E-state index contributed by atoms with van der Waals surface area (Å²) in [6.07, 6.45) is 2.56. The summed E-state index contributed by atoms with van der Waals surface area (Å²) in [5, 5.41) is 15.1. The van der Waals surface area contributed by atoms with Crippen LogP contribution >= 0.6 is 11.6 Å².